The van der Waals surface area contributed by atoms with Crippen molar-refractivity contribution in [2.75, 3.05) is 0 Å². The van der Waals surface area contributed by atoms with Crippen LogP contribution in [0.1, 0.15) is 19.3 Å². The van der Waals surface area contributed by atoms with Gasteiger partial charge in [0.15, 0.2) is 9.84 Å². The minimum absolute atomic E-state index is 0.227. The molecule has 1 fully saturated rings. The number of alkyl halides is 1. The van der Waals surface area contributed by atoms with E-state index in [1.165, 1.54) is 0 Å². The standard InChI is InChI=1S/C11H13ClO2S/c12-10-7-4-8-11(10)15(13,14)9-5-2-1-3-6-9/h1-3,5-6,10-11H,4,7-8H2. The molecule has 1 aromatic rings. The first-order valence-corrected chi connectivity index (χ1v) is 7.03. The Morgan fingerprint density at radius 2 is 1.80 bits per heavy atom. The van der Waals surface area contributed by atoms with Gasteiger partial charge >= 0.3 is 0 Å². The Bertz CT molecular complexity index is 427. The van der Waals surface area contributed by atoms with Gasteiger partial charge in [-0.2, -0.15) is 0 Å². The molecule has 0 heterocycles. The highest BCUT2D eigenvalue weighted by Crippen LogP contribution is 2.33. The molecule has 0 N–H and O–H groups in total. The van der Waals surface area contributed by atoms with Crippen LogP contribution in [0.3, 0.4) is 0 Å². The van der Waals surface area contributed by atoms with Gasteiger partial charge in [-0.15, -0.1) is 11.6 Å². The zero-order valence-electron chi connectivity index (χ0n) is 8.27. The smallest absolute Gasteiger partial charge is 0.182 e. The molecule has 2 atom stereocenters. The number of rotatable bonds is 2. The van der Waals surface area contributed by atoms with Crippen LogP contribution in [0.5, 0.6) is 0 Å². The van der Waals surface area contributed by atoms with Crippen molar-refractivity contribution < 1.29 is 8.42 Å². The van der Waals surface area contributed by atoms with Gasteiger partial charge in [-0.1, -0.05) is 24.6 Å². The lowest BCUT2D eigenvalue weighted by molar-refractivity contribution is 0.580. The van der Waals surface area contributed by atoms with Crippen molar-refractivity contribution in [3.05, 3.63) is 30.3 Å². The van der Waals surface area contributed by atoms with Crippen molar-refractivity contribution in [1.29, 1.82) is 0 Å². The molecule has 2 nitrogen and oxygen atoms in total. The van der Waals surface area contributed by atoms with Gasteiger partial charge in [0.1, 0.15) is 0 Å². The third-order valence-electron chi connectivity index (χ3n) is 2.84. The summed E-state index contributed by atoms with van der Waals surface area (Å²) in [5, 5.41) is -0.628. The molecule has 0 saturated heterocycles. The Morgan fingerprint density at radius 1 is 1.13 bits per heavy atom. The third kappa shape index (κ3) is 2.04. The van der Waals surface area contributed by atoms with Gasteiger partial charge in [0.2, 0.25) is 0 Å². The van der Waals surface area contributed by atoms with Crippen molar-refractivity contribution in [2.24, 2.45) is 0 Å². The quantitative estimate of drug-likeness (QED) is 0.750. The molecule has 82 valence electrons. The van der Waals surface area contributed by atoms with E-state index in [1.54, 1.807) is 24.3 Å². The average Bonchev–Trinajstić information content (AvgIpc) is 2.66. The fraction of sp³-hybridized carbons (Fsp3) is 0.455. The van der Waals surface area contributed by atoms with E-state index in [9.17, 15) is 8.42 Å². The van der Waals surface area contributed by atoms with Gasteiger partial charge in [0, 0.05) is 0 Å². The number of hydrogen-bond donors (Lipinski definition) is 0. The lowest BCUT2D eigenvalue weighted by atomic mass is 10.4. The van der Waals surface area contributed by atoms with Gasteiger partial charge in [0.05, 0.1) is 15.5 Å². The van der Waals surface area contributed by atoms with Crippen LogP contribution in [0.25, 0.3) is 0 Å². The Morgan fingerprint density at radius 3 is 2.33 bits per heavy atom. The summed E-state index contributed by atoms with van der Waals surface area (Å²) in [5.74, 6) is 0. The minimum Gasteiger partial charge on any atom is -0.223 e. The molecule has 0 spiro atoms. The molecule has 15 heavy (non-hydrogen) atoms. The Hall–Kier alpha value is -0.540. The first-order chi connectivity index (χ1) is 7.12. The van der Waals surface area contributed by atoms with Crippen LogP contribution in [0.15, 0.2) is 35.2 Å². The lowest BCUT2D eigenvalue weighted by Gasteiger charge is -2.14. The summed E-state index contributed by atoms with van der Waals surface area (Å²) >= 11 is 6.03. The normalized spacial score (nSPS) is 26.7. The molecule has 0 aliphatic heterocycles. The van der Waals surface area contributed by atoms with Crippen LogP contribution in [-0.4, -0.2) is 19.0 Å². The topological polar surface area (TPSA) is 34.1 Å². The van der Waals surface area contributed by atoms with Crippen LogP contribution in [0.2, 0.25) is 0 Å². The zero-order valence-corrected chi connectivity index (χ0v) is 9.84. The molecule has 1 aliphatic carbocycles. The second kappa shape index (κ2) is 4.14. The molecular formula is C11H13ClO2S. The van der Waals surface area contributed by atoms with Crippen LogP contribution in [0.4, 0.5) is 0 Å². The fourth-order valence-electron chi connectivity index (χ4n) is 2.02. The van der Waals surface area contributed by atoms with Crippen LogP contribution < -0.4 is 0 Å². The van der Waals surface area contributed by atoms with Crippen LogP contribution in [0, 0.1) is 0 Å². The van der Waals surface area contributed by atoms with Crippen LogP contribution >= 0.6 is 11.6 Å². The summed E-state index contributed by atoms with van der Waals surface area (Å²) in [6.45, 7) is 0. The highest BCUT2D eigenvalue weighted by Gasteiger charge is 2.36. The van der Waals surface area contributed by atoms with E-state index in [1.807, 2.05) is 6.07 Å². The van der Waals surface area contributed by atoms with Crippen molar-refractivity contribution >= 4 is 21.4 Å². The molecule has 1 saturated carbocycles. The molecule has 0 bridgehead atoms. The second-order valence-corrected chi connectivity index (χ2v) is 6.57. The predicted molar refractivity (Wildman–Crippen MR) is 60.9 cm³/mol. The number of benzene rings is 1. The maximum absolute atomic E-state index is 12.2. The summed E-state index contributed by atoms with van der Waals surface area (Å²) in [6.07, 6.45) is 2.40. The number of sulfone groups is 1. The summed E-state index contributed by atoms with van der Waals surface area (Å²) in [4.78, 5) is 0.391. The van der Waals surface area contributed by atoms with Crippen molar-refractivity contribution in [1.82, 2.24) is 0 Å². The van der Waals surface area contributed by atoms with E-state index in [-0.39, 0.29) is 5.38 Å². The summed E-state index contributed by atoms with van der Waals surface area (Å²) < 4.78 is 24.3. The van der Waals surface area contributed by atoms with Gasteiger partial charge < -0.3 is 0 Å². The largest absolute Gasteiger partial charge is 0.223 e. The van der Waals surface area contributed by atoms with Gasteiger partial charge in [-0.3, -0.25) is 0 Å². The highest BCUT2D eigenvalue weighted by atomic mass is 35.5. The van der Waals surface area contributed by atoms with Crippen molar-refractivity contribution in [3.63, 3.8) is 0 Å². The maximum Gasteiger partial charge on any atom is 0.182 e. The highest BCUT2D eigenvalue weighted by molar-refractivity contribution is 7.92. The minimum atomic E-state index is -3.22. The molecule has 0 amide bonds. The molecular weight excluding hydrogens is 232 g/mol. The third-order valence-corrected chi connectivity index (χ3v) is 5.80. The summed E-state index contributed by atoms with van der Waals surface area (Å²) in [7, 11) is -3.22. The molecule has 1 aliphatic rings. The maximum atomic E-state index is 12.2. The van der Waals surface area contributed by atoms with Crippen molar-refractivity contribution in [3.8, 4) is 0 Å². The monoisotopic (exact) mass is 244 g/mol. The van der Waals surface area contributed by atoms with Crippen molar-refractivity contribution in [2.45, 2.75) is 34.8 Å². The molecule has 4 heteroatoms. The first kappa shape index (κ1) is 11.0. The summed E-state index contributed by atoms with van der Waals surface area (Å²) in [6, 6.07) is 8.57. The van der Waals surface area contributed by atoms with Gasteiger partial charge in [-0.25, -0.2) is 8.42 Å². The van der Waals surface area contributed by atoms with E-state index in [4.69, 9.17) is 11.6 Å². The molecule has 0 aromatic heterocycles. The Balaban J connectivity index is 2.35. The van der Waals surface area contributed by atoms with Crippen LogP contribution in [-0.2, 0) is 9.84 Å². The van der Waals surface area contributed by atoms with E-state index in [0.29, 0.717) is 11.3 Å². The second-order valence-electron chi connectivity index (χ2n) is 3.84. The molecule has 2 rings (SSSR count). The zero-order chi connectivity index (χ0) is 10.9. The van der Waals surface area contributed by atoms with Gasteiger partial charge in [0.25, 0.3) is 0 Å². The molecule has 0 radical (unpaired) electrons. The van der Waals surface area contributed by atoms with E-state index < -0.39 is 15.1 Å². The predicted octanol–water partition coefficient (Wildman–Crippen LogP) is 2.62. The number of hydrogen-bond acceptors (Lipinski definition) is 2. The average molecular weight is 245 g/mol. The van der Waals surface area contributed by atoms with E-state index in [0.717, 1.165) is 12.8 Å². The lowest BCUT2D eigenvalue weighted by Crippen LogP contribution is -2.25. The number of halogens is 1. The molecule has 2 unspecified atom stereocenters. The van der Waals surface area contributed by atoms with E-state index >= 15 is 0 Å². The Kier molecular flexibility index (Phi) is 3.03. The van der Waals surface area contributed by atoms with E-state index in [2.05, 4.69) is 0 Å². The fourth-order valence-corrected chi connectivity index (χ4v) is 4.59. The summed E-state index contributed by atoms with van der Waals surface area (Å²) in [5.41, 5.74) is 0. The van der Waals surface area contributed by atoms with Gasteiger partial charge in [-0.05, 0) is 25.0 Å². The SMILES string of the molecule is O=S(=O)(c1ccccc1)C1CCCC1Cl. The molecule has 1 aromatic carbocycles. The Labute approximate surface area is 95.2 Å². The first-order valence-electron chi connectivity index (χ1n) is 5.05.